The quantitative estimate of drug-likeness (QED) is 0.0205. The van der Waals surface area contributed by atoms with Crippen molar-refractivity contribution < 1.29 is 153 Å². The van der Waals surface area contributed by atoms with Gasteiger partial charge in [0.2, 0.25) is 17.7 Å². The summed E-state index contributed by atoms with van der Waals surface area (Å²) in [5.41, 5.74) is 0. The van der Waals surface area contributed by atoms with E-state index >= 15 is 0 Å². The molecule has 5 aliphatic rings. The van der Waals surface area contributed by atoms with E-state index in [0.29, 0.717) is 6.42 Å². The van der Waals surface area contributed by atoms with Crippen molar-refractivity contribution >= 4 is 23.7 Å². The predicted octanol–water partition coefficient (Wildman–Crippen LogP) is -7.28. The summed E-state index contributed by atoms with van der Waals surface area (Å²) in [6.07, 6.45) is -34.0. The number of carboxylic acids is 1. The molecule has 0 saturated carbocycles. The minimum Gasteiger partial charge on any atom is -0.477 e. The average molecular weight is 1320 g/mol. The molecule has 528 valence electrons. The van der Waals surface area contributed by atoms with Crippen molar-refractivity contribution in [3.8, 4) is 0 Å². The summed E-state index contributed by atoms with van der Waals surface area (Å²) < 4.78 is 59.2. The number of hydrogen-bond acceptors (Lipinski definition) is 30. The second-order valence-corrected chi connectivity index (χ2v) is 23.7. The molecule has 91 heavy (non-hydrogen) atoms. The third-order valence-corrected chi connectivity index (χ3v) is 16.6. The van der Waals surface area contributed by atoms with Crippen molar-refractivity contribution in [3.63, 3.8) is 0 Å². The van der Waals surface area contributed by atoms with Crippen molar-refractivity contribution in [2.75, 3.05) is 39.6 Å². The zero-order chi connectivity index (χ0) is 67.4. The predicted molar refractivity (Wildman–Crippen MR) is 304 cm³/mol. The number of aliphatic hydroxyl groups excluding tert-OH is 16. The fraction of sp³-hybridized carbons (Fsp3) is 0.895. The van der Waals surface area contributed by atoms with E-state index in [-0.39, 0.29) is 0 Å². The number of carbonyl (C=O) groups excluding carboxylic acids is 3. The number of nitrogens with one attached hydrogen (secondary N) is 3. The fourth-order valence-corrected chi connectivity index (χ4v) is 11.6. The van der Waals surface area contributed by atoms with Crippen molar-refractivity contribution in [2.45, 2.75) is 282 Å². The molecule has 28 unspecified atom stereocenters. The van der Waals surface area contributed by atoms with Crippen molar-refractivity contribution in [2.24, 2.45) is 0 Å². The number of ether oxygens (including phenoxy) is 10. The Morgan fingerprint density at radius 1 is 0.549 bits per heavy atom. The van der Waals surface area contributed by atoms with Crippen LogP contribution in [0.4, 0.5) is 0 Å². The number of carboxylic acid groups (broad SMARTS) is 1. The second-order valence-electron chi connectivity index (χ2n) is 23.7. The van der Waals surface area contributed by atoms with Gasteiger partial charge < -0.3 is 150 Å². The number of allylic oxidation sites excluding steroid dienone is 1. The van der Waals surface area contributed by atoms with E-state index in [0.717, 1.165) is 39.5 Å². The number of rotatable bonds is 36. The lowest BCUT2D eigenvalue weighted by Crippen LogP contribution is -2.72. The minimum absolute atomic E-state index is 0.540. The Morgan fingerprint density at radius 2 is 1.04 bits per heavy atom. The van der Waals surface area contributed by atoms with E-state index in [4.69, 9.17) is 47.4 Å². The van der Waals surface area contributed by atoms with Crippen molar-refractivity contribution in [1.82, 2.24) is 16.0 Å². The Labute approximate surface area is 525 Å². The van der Waals surface area contributed by atoms with E-state index in [1.54, 1.807) is 6.08 Å². The summed E-state index contributed by atoms with van der Waals surface area (Å²) in [6, 6.07) is -4.80. The average Bonchev–Trinajstić information content (AvgIpc) is 0.793. The Bertz CT molecular complexity index is 2210. The third kappa shape index (κ3) is 21.0. The van der Waals surface area contributed by atoms with Crippen LogP contribution in [0.25, 0.3) is 0 Å². The zero-order valence-corrected chi connectivity index (χ0v) is 51.5. The lowest BCUT2D eigenvalue weighted by atomic mass is 9.88. The molecule has 20 N–H and O–H groups in total. The summed E-state index contributed by atoms with van der Waals surface area (Å²) in [7, 11) is 0. The van der Waals surface area contributed by atoms with Gasteiger partial charge in [-0.1, -0.05) is 83.3 Å². The standard InChI is InChI=1S/C57H99N3O31/c1-5-6-7-8-9-10-11-12-13-14-15-16-17-18-30(69)29(58-26(2)66)25-82-53-45(78)43(76)47(35(23-64)85-53)87-55-46(79)51(91-57(56(80)81)19-31(70)37(59-27(3)67)50(90-57)39(72)32(71)20-61)48(36(24-65)86-55)88-52-38(60-28(4)68)49(41(74)34(22-63)83-52)89-54-44(77)42(75)40(73)33(21-62)84-54/h17-18,29-55,61-65,69-79H,5-16,19-25H2,1-4H3,(H,58,66)(H,59,67)(H,60,68)(H,80,81)/b18-17-. The van der Waals surface area contributed by atoms with Gasteiger partial charge in [-0.3, -0.25) is 14.4 Å². The van der Waals surface area contributed by atoms with Gasteiger partial charge in [-0.25, -0.2) is 4.79 Å². The molecule has 0 bridgehead atoms. The molecule has 0 aliphatic carbocycles. The molecule has 28 atom stereocenters. The molecular formula is C57H99N3O31. The van der Waals surface area contributed by atoms with Crippen molar-refractivity contribution in [1.29, 1.82) is 0 Å². The van der Waals surface area contributed by atoms with Gasteiger partial charge in [0.05, 0.1) is 63.9 Å². The van der Waals surface area contributed by atoms with Gasteiger partial charge in [-0.2, -0.15) is 0 Å². The smallest absolute Gasteiger partial charge is 0.364 e. The van der Waals surface area contributed by atoms with Crippen LogP contribution in [-0.4, -0.2) is 321 Å². The highest BCUT2D eigenvalue weighted by molar-refractivity contribution is 5.77. The molecular weight excluding hydrogens is 1220 g/mol. The Morgan fingerprint density at radius 3 is 1.60 bits per heavy atom. The molecule has 5 heterocycles. The number of amides is 3. The molecule has 0 radical (unpaired) electrons. The first-order valence-corrected chi connectivity index (χ1v) is 31.0. The minimum atomic E-state index is -3.37. The maximum absolute atomic E-state index is 13.7. The summed E-state index contributed by atoms with van der Waals surface area (Å²) in [5.74, 6) is -7.90. The van der Waals surface area contributed by atoms with Gasteiger partial charge in [0.15, 0.2) is 25.2 Å². The fourth-order valence-electron chi connectivity index (χ4n) is 11.6. The first-order chi connectivity index (χ1) is 43.2. The molecule has 5 fully saturated rings. The normalized spacial score (nSPS) is 38.6. The molecule has 0 aromatic carbocycles. The van der Waals surface area contributed by atoms with Crippen LogP contribution in [0, 0.1) is 0 Å². The summed E-state index contributed by atoms with van der Waals surface area (Å²) in [4.78, 5) is 51.3. The lowest BCUT2D eigenvalue weighted by Gasteiger charge is -2.52. The molecule has 0 aromatic rings. The van der Waals surface area contributed by atoms with E-state index < -0.39 is 241 Å². The van der Waals surface area contributed by atoms with Crippen LogP contribution < -0.4 is 16.0 Å². The number of unbranched alkanes of at least 4 members (excludes halogenated alkanes) is 11. The monoisotopic (exact) mass is 1320 g/mol. The van der Waals surface area contributed by atoms with Crippen LogP contribution in [0.15, 0.2) is 12.2 Å². The molecule has 5 aliphatic heterocycles. The molecule has 5 rings (SSSR count). The van der Waals surface area contributed by atoms with Gasteiger partial charge in [0.1, 0.15) is 116 Å². The van der Waals surface area contributed by atoms with Crippen LogP contribution in [0.3, 0.4) is 0 Å². The second kappa shape index (κ2) is 37.8. The molecule has 0 spiro atoms. The summed E-state index contributed by atoms with van der Waals surface area (Å²) >= 11 is 0. The van der Waals surface area contributed by atoms with Gasteiger partial charge in [0, 0.05) is 27.2 Å². The number of carbonyl (C=O) groups is 4. The van der Waals surface area contributed by atoms with Crippen LogP contribution in [0.1, 0.15) is 111 Å². The lowest BCUT2D eigenvalue weighted by molar-refractivity contribution is -0.403. The first kappa shape index (κ1) is 78.3. The molecule has 34 heteroatoms. The maximum atomic E-state index is 13.7. The molecule has 0 aromatic heterocycles. The highest BCUT2D eigenvalue weighted by Crippen LogP contribution is 2.41. The third-order valence-electron chi connectivity index (χ3n) is 16.6. The van der Waals surface area contributed by atoms with Crippen LogP contribution in [-0.2, 0) is 66.5 Å². The van der Waals surface area contributed by atoms with Gasteiger partial charge in [-0.15, -0.1) is 0 Å². The highest BCUT2D eigenvalue weighted by Gasteiger charge is 2.62. The van der Waals surface area contributed by atoms with Gasteiger partial charge >= 0.3 is 5.97 Å². The molecule has 3 amide bonds. The Hall–Kier alpha value is -3.42. The SMILES string of the molecule is CCCCCCCCCCCCC/C=C\C(O)C(COC1OC(CO)C(OC2OC(CO)C(OC3OC(CO)C(O)C(OC4OC(CO)C(O)C(O)C4O)C3NC(C)=O)C(OC3(C(=O)O)CC(O)C(NC(C)=O)C(C(O)C(O)CO)O3)C2O)C(O)C1O)NC(C)=O. The van der Waals surface area contributed by atoms with Gasteiger partial charge in [0.25, 0.3) is 5.79 Å². The largest absolute Gasteiger partial charge is 0.477 e. The highest BCUT2D eigenvalue weighted by atomic mass is 16.8. The van der Waals surface area contributed by atoms with E-state index in [9.17, 15) is 106 Å². The van der Waals surface area contributed by atoms with E-state index in [1.165, 1.54) is 57.9 Å². The number of hydrogen-bond donors (Lipinski definition) is 20. The number of aliphatic hydroxyl groups is 16. The maximum Gasteiger partial charge on any atom is 0.364 e. The molecule has 34 nitrogen and oxygen atoms in total. The number of aliphatic carboxylic acids is 1. The van der Waals surface area contributed by atoms with Crippen LogP contribution in [0.5, 0.6) is 0 Å². The molecule has 5 saturated heterocycles. The zero-order valence-electron chi connectivity index (χ0n) is 51.5. The summed E-state index contributed by atoms with van der Waals surface area (Å²) in [5, 5.41) is 194. The summed E-state index contributed by atoms with van der Waals surface area (Å²) in [6.45, 7) is -0.770. The van der Waals surface area contributed by atoms with Gasteiger partial charge in [-0.05, 0) is 12.8 Å². The van der Waals surface area contributed by atoms with E-state index in [1.807, 2.05) is 0 Å². The van der Waals surface area contributed by atoms with E-state index in [2.05, 4.69) is 22.9 Å². The van der Waals surface area contributed by atoms with Crippen LogP contribution in [0.2, 0.25) is 0 Å². The topological polar surface area (TPSA) is 541 Å². The first-order valence-electron chi connectivity index (χ1n) is 31.0. The Kier molecular flexibility index (Phi) is 32.5. The Balaban J connectivity index is 1.44. The van der Waals surface area contributed by atoms with Crippen LogP contribution >= 0.6 is 0 Å². The van der Waals surface area contributed by atoms with Crippen molar-refractivity contribution in [3.05, 3.63) is 12.2 Å².